The minimum Gasteiger partial charge on any atom is -0.393 e. The quantitative estimate of drug-likeness (QED) is 0.272. The van der Waals surface area contributed by atoms with Crippen molar-refractivity contribution in [3.05, 3.63) is 58.1 Å². The smallest absolute Gasteiger partial charge is 0.142 e. The summed E-state index contributed by atoms with van der Waals surface area (Å²) in [6, 6.07) is 8.11. The highest BCUT2D eigenvalue weighted by molar-refractivity contribution is 9.10. The molecule has 1 N–H and O–H groups in total. The zero-order valence-electron chi connectivity index (χ0n) is 24.7. The summed E-state index contributed by atoms with van der Waals surface area (Å²) in [6.45, 7) is 12.4. The number of hydrogen-bond donors (Lipinski definition) is 1. The second-order valence-corrected chi connectivity index (χ2v) is 14.2. The molecule has 5 rings (SSSR count). The molecule has 1 aromatic rings. The molecule has 39 heavy (non-hydrogen) atoms. The lowest BCUT2D eigenvalue weighted by molar-refractivity contribution is -0.122. The summed E-state index contributed by atoms with van der Waals surface area (Å²) >= 11 is 3.52. The molecule has 0 bridgehead atoms. The molecular formula is C33H46BrN3O2. The fourth-order valence-electron chi connectivity index (χ4n) is 9.16. The van der Waals surface area contributed by atoms with Crippen molar-refractivity contribution in [1.82, 2.24) is 5.01 Å². The van der Waals surface area contributed by atoms with Gasteiger partial charge >= 0.3 is 0 Å². The van der Waals surface area contributed by atoms with Crippen LogP contribution in [0.25, 0.3) is 0 Å². The van der Waals surface area contributed by atoms with E-state index in [0.717, 1.165) is 41.4 Å². The first-order chi connectivity index (χ1) is 18.4. The number of nitrogens with zero attached hydrogens (tertiary/aromatic N) is 3. The van der Waals surface area contributed by atoms with Crippen LogP contribution >= 0.6 is 15.9 Å². The Morgan fingerprint density at radius 1 is 1.23 bits per heavy atom. The Morgan fingerprint density at radius 2 is 2.00 bits per heavy atom. The number of benzene rings is 1. The topological polar surface area (TPSA) is 57.4 Å². The van der Waals surface area contributed by atoms with Crippen molar-refractivity contribution in [1.29, 1.82) is 0 Å². The fraction of sp³-hybridized carbons (Fsp3) is 0.636. The number of aliphatic hydroxyl groups excluding tert-OH is 1. The fourth-order valence-corrected chi connectivity index (χ4v) is 9.60. The molecule has 0 unspecified atom stereocenters. The van der Waals surface area contributed by atoms with E-state index in [1.807, 2.05) is 37.3 Å². The molecular weight excluding hydrogens is 550 g/mol. The number of halogens is 1. The van der Waals surface area contributed by atoms with Crippen LogP contribution < -0.4 is 0 Å². The molecule has 6 heteroatoms. The Bertz CT molecular complexity index is 1220. The van der Waals surface area contributed by atoms with Gasteiger partial charge in [0.15, 0.2) is 0 Å². The van der Waals surface area contributed by atoms with Gasteiger partial charge in [0.05, 0.1) is 6.10 Å². The Morgan fingerprint density at radius 3 is 2.69 bits per heavy atom. The van der Waals surface area contributed by atoms with Gasteiger partial charge < -0.3 is 15.0 Å². The summed E-state index contributed by atoms with van der Waals surface area (Å²) in [6.07, 6.45) is 11.5. The SMILES string of the molecule is CC/C(=N\N(C)C)[C@@]1(C)[C@H](C)C[C@H]2[C@@H]3CCC4=C/C(=N/OCc5cccc(Br)c5)C=C[C@]4(C)[C@H]3[C@@H](O)C[C@@]21C. The zero-order valence-corrected chi connectivity index (χ0v) is 26.3. The van der Waals surface area contributed by atoms with Crippen molar-refractivity contribution in [2.45, 2.75) is 79.4 Å². The summed E-state index contributed by atoms with van der Waals surface area (Å²) in [7, 11) is 4.05. The van der Waals surface area contributed by atoms with Gasteiger partial charge in [-0.2, -0.15) is 5.10 Å². The van der Waals surface area contributed by atoms with E-state index in [9.17, 15) is 5.11 Å². The number of fused-ring (bicyclic) bond motifs is 5. The first kappa shape index (κ1) is 28.6. The summed E-state index contributed by atoms with van der Waals surface area (Å²) in [5.74, 6) is 1.84. The molecule has 4 aliphatic rings. The Balaban J connectivity index is 1.39. The molecule has 0 radical (unpaired) electrons. The Labute approximate surface area is 243 Å². The van der Waals surface area contributed by atoms with Crippen LogP contribution in [0.3, 0.4) is 0 Å². The van der Waals surface area contributed by atoms with Gasteiger partial charge in [0.1, 0.15) is 12.3 Å². The van der Waals surface area contributed by atoms with Gasteiger partial charge in [-0.1, -0.05) is 79.5 Å². The zero-order chi connectivity index (χ0) is 28.2. The van der Waals surface area contributed by atoms with Gasteiger partial charge in [0.2, 0.25) is 0 Å². The number of allylic oxidation sites excluding steroid dienone is 4. The van der Waals surface area contributed by atoms with E-state index < -0.39 is 0 Å². The average molecular weight is 597 g/mol. The third kappa shape index (κ3) is 4.64. The van der Waals surface area contributed by atoms with Gasteiger partial charge in [-0.25, -0.2) is 0 Å². The number of aliphatic hydroxyl groups is 1. The lowest BCUT2D eigenvalue weighted by Gasteiger charge is -2.60. The van der Waals surface area contributed by atoms with Crippen LogP contribution in [0.4, 0.5) is 0 Å². The highest BCUT2D eigenvalue weighted by Crippen LogP contribution is 2.71. The second-order valence-electron chi connectivity index (χ2n) is 13.3. The second kappa shape index (κ2) is 10.5. The van der Waals surface area contributed by atoms with Crippen molar-refractivity contribution in [3.8, 4) is 0 Å². The monoisotopic (exact) mass is 595 g/mol. The van der Waals surface area contributed by atoms with E-state index >= 15 is 0 Å². The molecule has 4 aliphatic carbocycles. The third-order valence-corrected chi connectivity index (χ3v) is 11.7. The highest BCUT2D eigenvalue weighted by atomic mass is 79.9. The number of hydrazone groups is 1. The molecule has 0 saturated heterocycles. The van der Waals surface area contributed by atoms with E-state index in [4.69, 9.17) is 9.94 Å². The maximum atomic E-state index is 12.0. The minimum absolute atomic E-state index is 0.0203. The van der Waals surface area contributed by atoms with E-state index in [1.54, 1.807) is 0 Å². The van der Waals surface area contributed by atoms with Crippen LogP contribution in [-0.2, 0) is 11.4 Å². The third-order valence-electron chi connectivity index (χ3n) is 11.2. The molecule has 0 heterocycles. The molecule has 8 atom stereocenters. The summed E-state index contributed by atoms with van der Waals surface area (Å²) in [5, 5.41) is 23.4. The molecule has 5 nitrogen and oxygen atoms in total. The maximum Gasteiger partial charge on any atom is 0.142 e. The molecule has 3 saturated carbocycles. The van der Waals surface area contributed by atoms with Crippen LogP contribution in [0.5, 0.6) is 0 Å². The van der Waals surface area contributed by atoms with E-state index in [2.05, 4.69) is 80.0 Å². The van der Waals surface area contributed by atoms with Crippen LogP contribution in [-0.4, -0.2) is 41.7 Å². The Kier molecular flexibility index (Phi) is 7.69. The standard InChI is InChI=1S/C33H46BrN3O2/c1-8-29(35-37(6)7)33(5)21(2)16-27-26-13-12-23-18-25(36-39-20-22-10-9-11-24(34)17-22)14-15-31(23,3)30(26)28(38)19-32(27,33)4/h9-11,14-15,17-18,21,26-28,30,38H,8,12-13,16,19-20H2,1-7H3/b35-29+,36-25+/t21-,26+,27+,28+,30-,31+,32+,33-/m1/s1. The normalized spacial score (nSPS) is 40.5. The molecule has 0 amide bonds. The molecule has 0 aromatic heterocycles. The first-order valence-corrected chi connectivity index (χ1v) is 15.5. The van der Waals surface area contributed by atoms with Crippen LogP contribution in [0.2, 0.25) is 0 Å². The van der Waals surface area contributed by atoms with Gasteiger partial charge in [0, 0.05) is 41.0 Å². The minimum atomic E-state index is -0.344. The molecule has 0 aliphatic heterocycles. The van der Waals surface area contributed by atoms with Crippen LogP contribution in [0.1, 0.15) is 72.3 Å². The summed E-state index contributed by atoms with van der Waals surface area (Å²) in [5.41, 5.74) is 4.48. The lowest BCUT2D eigenvalue weighted by Crippen LogP contribution is -2.58. The molecule has 3 fully saturated rings. The van der Waals surface area contributed by atoms with Crippen molar-refractivity contribution in [2.24, 2.45) is 50.2 Å². The van der Waals surface area contributed by atoms with Gasteiger partial charge in [-0.15, -0.1) is 0 Å². The summed E-state index contributed by atoms with van der Waals surface area (Å²) in [4.78, 5) is 5.73. The van der Waals surface area contributed by atoms with Crippen molar-refractivity contribution in [2.75, 3.05) is 14.1 Å². The maximum absolute atomic E-state index is 12.0. The van der Waals surface area contributed by atoms with Crippen LogP contribution in [0, 0.1) is 39.9 Å². The summed E-state index contributed by atoms with van der Waals surface area (Å²) < 4.78 is 1.04. The van der Waals surface area contributed by atoms with E-state index in [0.29, 0.717) is 24.4 Å². The molecule has 212 valence electrons. The van der Waals surface area contributed by atoms with E-state index in [-0.39, 0.29) is 28.3 Å². The molecule has 1 aromatic carbocycles. The van der Waals surface area contributed by atoms with Crippen molar-refractivity contribution in [3.63, 3.8) is 0 Å². The van der Waals surface area contributed by atoms with Crippen molar-refractivity contribution >= 4 is 27.4 Å². The van der Waals surface area contributed by atoms with E-state index in [1.165, 1.54) is 17.7 Å². The van der Waals surface area contributed by atoms with Gasteiger partial charge in [0.25, 0.3) is 0 Å². The highest BCUT2D eigenvalue weighted by Gasteiger charge is 2.67. The predicted molar refractivity (Wildman–Crippen MR) is 163 cm³/mol. The molecule has 0 spiro atoms. The largest absolute Gasteiger partial charge is 0.393 e. The van der Waals surface area contributed by atoms with Crippen LogP contribution in [0.15, 0.2) is 62.8 Å². The van der Waals surface area contributed by atoms with Crippen molar-refractivity contribution < 1.29 is 9.94 Å². The first-order valence-electron chi connectivity index (χ1n) is 14.7. The van der Waals surface area contributed by atoms with Gasteiger partial charge in [-0.3, -0.25) is 0 Å². The van der Waals surface area contributed by atoms with Gasteiger partial charge in [-0.05, 0) is 85.1 Å². The Hall–Kier alpha value is -1.92. The number of oxime groups is 1. The lowest BCUT2D eigenvalue weighted by atomic mass is 9.44. The number of hydrogen-bond acceptors (Lipinski definition) is 5. The average Bonchev–Trinajstić information content (AvgIpc) is 3.08. The number of rotatable bonds is 6. The predicted octanol–water partition coefficient (Wildman–Crippen LogP) is 7.61.